The molecule has 1 rings (SSSR count). The van der Waals surface area contributed by atoms with Gasteiger partial charge in [-0.15, -0.1) is 0 Å². The highest BCUT2D eigenvalue weighted by molar-refractivity contribution is 5.55. The number of carbonyl (C=O) groups is 1. The highest BCUT2D eigenvalue weighted by atomic mass is 16.4. The van der Waals surface area contributed by atoms with Gasteiger partial charge in [-0.25, -0.2) is 4.48 Å². The zero-order valence-electron chi connectivity index (χ0n) is 19.6. The molecule has 1 unspecified atom stereocenters. The predicted molar refractivity (Wildman–Crippen MR) is 116 cm³/mol. The van der Waals surface area contributed by atoms with E-state index < -0.39 is 6.09 Å². The van der Waals surface area contributed by atoms with Crippen molar-refractivity contribution in [2.75, 3.05) is 13.2 Å². The quantitative estimate of drug-likeness (QED) is 0.283. The zero-order chi connectivity index (χ0) is 21.3. The van der Waals surface area contributed by atoms with E-state index >= 15 is 0 Å². The second-order valence-electron chi connectivity index (χ2n) is 10.7. The van der Waals surface area contributed by atoms with Crippen molar-refractivity contribution in [3.05, 3.63) is 12.4 Å². The molecule has 1 aliphatic heterocycles. The van der Waals surface area contributed by atoms with Crippen molar-refractivity contribution in [1.82, 2.24) is 4.90 Å². The molecular weight excluding hydrogens is 348 g/mol. The van der Waals surface area contributed by atoms with Crippen LogP contribution in [0, 0.1) is 5.41 Å². The average Bonchev–Trinajstić information content (AvgIpc) is 3.01. The number of unbranched alkanes of at least 4 members (excludes halogenated alkanes) is 9. The third kappa shape index (κ3) is 8.55. The van der Waals surface area contributed by atoms with Gasteiger partial charge in [-0.3, -0.25) is 0 Å². The van der Waals surface area contributed by atoms with Crippen molar-refractivity contribution < 1.29 is 14.4 Å². The lowest BCUT2D eigenvalue weighted by Crippen LogP contribution is -2.58. The molecule has 4 heteroatoms. The molecule has 1 amide bonds. The Labute approximate surface area is 174 Å². The number of rotatable bonds is 13. The van der Waals surface area contributed by atoms with Crippen LogP contribution in [0.25, 0.3) is 0 Å². The van der Waals surface area contributed by atoms with E-state index in [1.54, 1.807) is 0 Å². The molecule has 0 radical (unpaired) electrons. The van der Waals surface area contributed by atoms with Crippen molar-refractivity contribution in [3.8, 4) is 0 Å². The number of carboxylic acid groups (broad SMARTS) is 1. The van der Waals surface area contributed by atoms with E-state index in [2.05, 4.69) is 46.4 Å². The molecule has 28 heavy (non-hydrogen) atoms. The van der Waals surface area contributed by atoms with E-state index in [0.717, 1.165) is 19.3 Å². The Morgan fingerprint density at radius 3 is 1.89 bits per heavy atom. The molecule has 1 aliphatic rings. The van der Waals surface area contributed by atoms with Gasteiger partial charge in [-0.1, -0.05) is 79.1 Å². The Balaban J connectivity index is 2.38. The molecule has 0 aromatic carbocycles. The molecule has 0 bridgehead atoms. The molecule has 0 saturated carbocycles. The van der Waals surface area contributed by atoms with Crippen LogP contribution in [0.1, 0.15) is 112 Å². The van der Waals surface area contributed by atoms with Gasteiger partial charge in [0.25, 0.3) is 6.09 Å². The highest BCUT2D eigenvalue weighted by Gasteiger charge is 2.41. The first-order valence-electron chi connectivity index (χ1n) is 11.6. The van der Waals surface area contributed by atoms with Crippen LogP contribution in [-0.4, -0.2) is 34.2 Å². The summed E-state index contributed by atoms with van der Waals surface area (Å²) in [5, 5.41) is 12.0. The Kier molecular flexibility index (Phi) is 10.0. The molecule has 164 valence electrons. The average molecular weight is 395 g/mol. The van der Waals surface area contributed by atoms with Crippen LogP contribution >= 0.6 is 0 Å². The number of carbonyl (C=O) groups excluding carboxylic acids is 1. The van der Waals surface area contributed by atoms with Gasteiger partial charge in [0.05, 0.1) is 12.7 Å². The fourth-order valence-electron chi connectivity index (χ4n) is 4.60. The van der Waals surface area contributed by atoms with Crippen LogP contribution < -0.4 is 5.11 Å². The summed E-state index contributed by atoms with van der Waals surface area (Å²) in [5.41, 5.74) is 0.135. The van der Waals surface area contributed by atoms with E-state index in [9.17, 15) is 9.90 Å². The summed E-state index contributed by atoms with van der Waals surface area (Å²) in [5.74, 6) is 0. The SMILES string of the molecule is CCCCCCCCCCCC[N+]1(C(=O)[O-])C=CN(C(C)(C)CC(C)(C)C)C1. The van der Waals surface area contributed by atoms with Gasteiger partial charge in [-0.05, 0) is 38.5 Å². The van der Waals surface area contributed by atoms with Crippen LogP contribution in [0.15, 0.2) is 12.4 Å². The molecule has 0 saturated heterocycles. The molecule has 1 atom stereocenters. The summed E-state index contributed by atoms with van der Waals surface area (Å²) in [6.45, 7) is 14.5. The van der Waals surface area contributed by atoms with E-state index in [4.69, 9.17) is 0 Å². The highest BCUT2D eigenvalue weighted by Crippen LogP contribution is 2.35. The Bertz CT molecular complexity index is 493. The summed E-state index contributed by atoms with van der Waals surface area (Å²) < 4.78 is -0.0510. The van der Waals surface area contributed by atoms with Crippen LogP contribution in [0.2, 0.25) is 0 Å². The van der Waals surface area contributed by atoms with Crippen LogP contribution in [0.4, 0.5) is 4.79 Å². The van der Waals surface area contributed by atoms with E-state index in [1.807, 2.05) is 12.4 Å². The molecule has 0 aromatic rings. The maximum atomic E-state index is 12.0. The van der Waals surface area contributed by atoms with Gasteiger partial charge in [0.1, 0.15) is 6.20 Å². The number of hydrogen-bond acceptors (Lipinski definition) is 3. The fraction of sp³-hybridized carbons (Fsp3) is 0.875. The lowest BCUT2D eigenvalue weighted by Gasteiger charge is -2.42. The summed E-state index contributed by atoms with van der Waals surface area (Å²) in [6, 6.07) is 0. The third-order valence-electron chi connectivity index (χ3n) is 5.95. The van der Waals surface area contributed by atoms with Gasteiger partial charge in [0, 0.05) is 5.54 Å². The van der Waals surface area contributed by atoms with Crippen molar-refractivity contribution in [3.63, 3.8) is 0 Å². The molecule has 1 heterocycles. The van der Waals surface area contributed by atoms with Gasteiger partial charge >= 0.3 is 0 Å². The maximum absolute atomic E-state index is 12.0. The second kappa shape index (κ2) is 11.2. The van der Waals surface area contributed by atoms with Crippen LogP contribution in [0.3, 0.4) is 0 Å². The number of hydrogen-bond donors (Lipinski definition) is 0. The molecule has 0 fully saturated rings. The zero-order valence-corrected chi connectivity index (χ0v) is 19.6. The summed E-state index contributed by atoms with van der Waals surface area (Å²) in [7, 11) is 0. The van der Waals surface area contributed by atoms with Crippen molar-refractivity contribution >= 4 is 6.09 Å². The van der Waals surface area contributed by atoms with Crippen molar-refractivity contribution in [2.24, 2.45) is 5.41 Å². The minimum atomic E-state index is -0.971. The molecule has 0 spiro atoms. The van der Waals surface area contributed by atoms with Gasteiger partial charge in [0.15, 0.2) is 6.67 Å². The second-order valence-corrected chi connectivity index (χ2v) is 10.7. The minimum absolute atomic E-state index is 0.0510. The van der Waals surface area contributed by atoms with E-state index in [0.29, 0.717) is 13.2 Å². The monoisotopic (exact) mass is 394 g/mol. The predicted octanol–water partition coefficient (Wildman–Crippen LogP) is 6.03. The number of quaternary nitrogens is 1. The number of amides is 1. The first-order valence-corrected chi connectivity index (χ1v) is 11.6. The molecule has 4 nitrogen and oxygen atoms in total. The van der Waals surface area contributed by atoms with Gasteiger partial charge in [-0.2, -0.15) is 0 Å². The van der Waals surface area contributed by atoms with Gasteiger partial charge < -0.3 is 14.8 Å². The fourth-order valence-corrected chi connectivity index (χ4v) is 4.60. The van der Waals surface area contributed by atoms with Crippen LogP contribution in [-0.2, 0) is 0 Å². The lowest BCUT2D eigenvalue weighted by molar-refractivity contribution is -0.831. The smallest absolute Gasteiger partial charge is 0.263 e. The molecule has 0 aliphatic carbocycles. The van der Waals surface area contributed by atoms with E-state index in [-0.39, 0.29) is 15.4 Å². The normalized spacial score (nSPS) is 20.1. The maximum Gasteiger partial charge on any atom is 0.263 e. The third-order valence-corrected chi connectivity index (χ3v) is 5.95. The largest absolute Gasteiger partial charge is 0.498 e. The van der Waals surface area contributed by atoms with E-state index in [1.165, 1.54) is 51.4 Å². The summed E-state index contributed by atoms with van der Waals surface area (Å²) >= 11 is 0. The number of nitrogens with zero attached hydrogens (tertiary/aromatic N) is 2. The Hall–Kier alpha value is -1.03. The van der Waals surface area contributed by atoms with Crippen LogP contribution in [0.5, 0.6) is 0 Å². The molecular formula is C24H46N2O2. The first-order chi connectivity index (χ1) is 13.0. The van der Waals surface area contributed by atoms with Crippen molar-refractivity contribution in [1.29, 1.82) is 0 Å². The molecule has 0 N–H and O–H groups in total. The Morgan fingerprint density at radius 2 is 1.43 bits per heavy atom. The standard InChI is InChI=1S/C24H46N2O2/c1-7-8-9-10-11-12-13-14-15-16-18-26(22(27)28)19-17-25(21-26)24(5,6)20-23(2,3)4/h17,19H,7-16,18,20-21H2,1-6H3. The molecule has 0 aromatic heterocycles. The van der Waals surface area contributed by atoms with Gasteiger partial charge in [0.2, 0.25) is 0 Å². The summed E-state index contributed by atoms with van der Waals surface area (Å²) in [4.78, 5) is 14.2. The topological polar surface area (TPSA) is 43.4 Å². The minimum Gasteiger partial charge on any atom is -0.498 e. The first kappa shape index (κ1) is 25.0. The Morgan fingerprint density at radius 1 is 0.929 bits per heavy atom. The summed E-state index contributed by atoms with van der Waals surface area (Å²) in [6.07, 6.45) is 16.5. The lowest BCUT2D eigenvalue weighted by atomic mass is 9.81. The van der Waals surface area contributed by atoms with Crippen molar-refractivity contribution in [2.45, 2.75) is 118 Å².